The molecule has 0 aliphatic heterocycles. The summed E-state index contributed by atoms with van der Waals surface area (Å²) >= 11 is 1.37. The SMILES string of the molecule is CCOCC(C)NC(=O)c1sc2cccc(OC)c2c1N. The molecule has 1 aromatic heterocycles. The molecule has 0 spiro atoms. The number of methoxy groups -OCH3 is 1. The van der Waals surface area contributed by atoms with Crippen LogP contribution in [0, 0.1) is 0 Å². The minimum atomic E-state index is -0.178. The van der Waals surface area contributed by atoms with Crippen molar-refractivity contribution in [3.63, 3.8) is 0 Å². The van der Waals surface area contributed by atoms with Gasteiger partial charge in [-0.25, -0.2) is 0 Å². The lowest BCUT2D eigenvalue weighted by Crippen LogP contribution is -2.35. The summed E-state index contributed by atoms with van der Waals surface area (Å²) in [6, 6.07) is 5.59. The molecule has 2 aromatic rings. The van der Waals surface area contributed by atoms with Gasteiger partial charge in [0.1, 0.15) is 10.6 Å². The molecule has 0 saturated carbocycles. The number of thiophene rings is 1. The fourth-order valence-electron chi connectivity index (χ4n) is 2.10. The van der Waals surface area contributed by atoms with Crippen LogP contribution >= 0.6 is 11.3 Å². The van der Waals surface area contributed by atoms with Crippen LogP contribution in [0.15, 0.2) is 18.2 Å². The number of amides is 1. The van der Waals surface area contributed by atoms with Gasteiger partial charge < -0.3 is 20.5 Å². The maximum Gasteiger partial charge on any atom is 0.263 e. The zero-order chi connectivity index (χ0) is 15.4. The highest BCUT2D eigenvalue weighted by Crippen LogP contribution is 2.39. The summed E-state index contributed by atoms with van der Waals surface area (Å²) in [6.07, 6.45) is 0. The number of benzene rings is 1. The zero-order valence-electron chi connectivity index (χ0n) is 12.4. The Labute approximate surface area is 128 Å². The van der Waals surface area contributed by atoms with Crippen molar-refractivity contribution in [3.05, 3.63) is 23.1 Å². The highest BCUT2D eigenvalue weighted by Gasteiger charge is 2.20. The maximum absolute atomic E-state index is 12.3. The lowest BCUT2D eigenvalue weighted by Gasteiger charge is -2.13. The Balaban J connectivity index is 2.26. The van der Waals surface area contributed by atoms with E-state index in [1.807, 2.05) is 32.0 Å². The Morgan fingerprint density at radius 2 is 2.24 bits per heavy atom. The highest BCUT2D eigenvalue weighted by molar-refractivity contribution is 7.21. The fourth-order valence-corrected chi connectivity index (χ4v) is 3.15. The minimum Gasteiger partial charge on any atom is -0.496 e. The van der Waals surface area contributed by atoms with Crippen molar-refractivity contribution in [3.8, 4) is 5.75 Å². The van der Waals surface area contributed by atoms with Crippen LogP contribution < -0.4 is 15.8 Å². The van der Waals surface area contributed by atoms with Crippen LogP contribution in [0.3, 0.4) is 0 Å². The first-order chi connectivity index (χ1) is 10.1. The van der Waals surface area contributed by atoms with Crippen molar-refractivity contribution in [2.75, 3.05) is 26.1 Å². The van der Waals surface area contributed by atoms with Crippen molar-refractivity contribution in [1.82, 2.24) is 5.32 Å². The number of hydrogen-bond donors (Lipinski definition) is 2. The normalized spacial score (nSPS) is 12.3. The Kier molecular flexibility index (Phi) is 5.03. The second kappa shape index (κ2) is 6.78. The summed E-state index contributed by atoms with van der Waals surface area (Å²) < 4.78 is 11.5. The largest absolute Gasteiger partial charge is 0.496 e. The standard InChI is InChI=1S/C15H20N2O3S/c1-4-20-8-9(2)17-15(18)14-13(16)12-10(19-3)6-5-7-11(12)21-14/h5-7,9H,4,8,16H2,1-3H3,(H,17,18). The Morgan fingerprint density at radius 3 is 2.90 bits per heavy atom. The van der Waals surface area contributed by atoms with Gasteiger partial charge in [0.2, 0.25) is 0 Å². The molecule has 1 aromatic carbocycles. The van der Waals surface area contributed by atoms with Crippen LogP contribution in [-0.2, 0) is 4.74 Å². The molecular weight excluding hydrogens is 288 g/mol. The zero-order valence-corrected chi connectivity index (χ0v) is 13.3. The number of carbonyl (C=O) groups excluding carboxylic acids is 1. The van der Waals surface area contributed by atoms with Gasteiger partial charge in [-0.3, -0.25) is 4.79 Å². The second-order valence-electron chi connectivity index (χ2n) is 4.71. The Bertz CT molecular complexity index is 639. The molecule has 0 fully saturated rings. The van der Waals surface area contributed by atoms with E-state index in [-0.39, 0.29) is 11.9 Å². The number of rotatable bonds is 6. The van der Waals surface area contributed by atoms with Crippen molar-refractivity contribution >= 4 is 33.0 Å². The van der Waals surface area contributed by atoms with E-state index in [0.717, 1.165) is 10.1 Å². The number of carbonyl (C=O) groups is 1. The molecule has 1 amide bonds. The second-order valence-corrected chi connectivity index (χ2v) is 5.76. The predicted molar refractivity (Wildman–Crippen MR) is 86.2 cm³/mol. The predicted octanol–water partition coefficient (Wildman–Crippen LogP) is 2.65. The van der Waals surface area contributed by atoms with Gasteiger partial charge in [-0.15, -0.1) is 11.3 Å². The van der Waals surface area contributed by atoms with Crippen LogP contribution in [0.5, 0.6) is 5.75 Å². The maximum atomic E-state index is 12.3. The Hall–Kier alpha value is -1.79. The van der Waals surface area contributed by atoms with E-state index in [9.17, 15) is 4.79 Å². The number of nitrogens with two attached hydrogens (primary N) is 1. The van der Waals surface area contributed by atoms with Gasteiger partial charge in [-0.1, -0.05) is 6.07 Å². The number of fused-ring (bicyclic) bond motifs is 1. The first-order valence-electron chi connectivity index (χ1n) is 6.82. The van der Waals surface area contributed by atoms with Crippen LogP contribution in [-0.4, -0.2) is 32.3 Å². The molecule has 6 heteroatoms. The van der Waals surface area contributed by atoms with E-state index < -0.39 is 0 Å². The van der Waals surface area contributed by atoms with E-state index >= 15 is 0 Å². The number of hydrogen-bond acceptors (Lipinski definition) is 5. The van der Waals surface area contributed by atoms with Crippen molar-refractivity contribution in [2.24, 2.45) is 0 Å². The van der Waals surface area contributed by atoms with E-state index in [0.29, 0.717) is 29.5 Å². The molecule has 21 heavy (non-hydrogen) atoms. The van der Waals surface area contributed by atoms with Crippen LogP contribution in [0.2, 0.25) is 0 Å². The first kappa shape index (κ1) is 15.6. The highest BCUT2D eigenvalue weighted by atomic mass is 32.1. The molecule has 1 heterocycles. The average molecular weight is 308 g/mol. The molecule has 3 N–H and O–H groups in total. The monoisotopic (exact) mass is 308 g/mol. The van der Waals surface area contributed by atoms with Crippen molar-refractivity contribution in [2.45, 2.75) is 19.9 Å². The molecule has 1 atom stereocenters. The molecule has 0 aliphatic carbocycles. The molecule has 5 nitrogen and oxygen atoms in total. The van der Waals surface area contributed by atoms with Gasteiger partial charge >= 0.3 is 0 Å². The molecule has 0 radical (unpaired) electrons. The number of nitrogens with one attached hydrogen (secondary N) is 1. The summed E-state index contributed by atoms with van der Waals surface area (Å²) in [5.41, 5.74) is 6.60. The summed E-state index contributed by atoms with van der Waals surface area (Å²) in [7, 11) is 1.59. The first-order valence-corrected chi connectivity index (χ1v) is 7.63. The number of ether oxygens (including phenoxy) is 2. The topological polar surface area (TPSA) is 73.6 Å². The summed E-state index contributed by atoms with van der Waals surface area (Å²) in [5, 5.41) is 3.69. The molecule has 0 saturated heterocycles. The third-order valence-electron chi connectivity index (χ3n) is 3.09. The minimum absolute atomic E-state index is 0.0658. The van der Waals surface area contributed by atoms with Crippen LogP contribution in [0.25, 0.3) is 10.1 Å². The van der Waals surface area contributed by atoms with Gasteiger partial charge in [0.05, 0.1) is 24.8 Å². The summed E-state index contributed by atoms with van der Waals surface area (Å²) in [6.45, 7) is 4.93. The fraction of sp³-hybridized carbons (Fsp3) is 0.400. The van der Waals surface area contributed by atoms with E-state index in [1.54, 1.807) is 7.11 Å². The van der Waals surface area contributed by atoms with Crippen molar-refractivity contribution in [1.29, 1.82) is 0 Å². The summed E-state index contributed by atoms with van der Waals surface area (Å²) in [5.74, 6) is 0.505. The number of anilines is 1. The van der Waals surface area contributed by atoms with Crippen LogP contribution in [0.4, 0.5) is 5.69 Å². The molecule has 114 valence electrons. The van der Waals surface area contributed by atoms with Gasteiger partial charge in [-0.05, 0) is 26.0 Å². The third kappa shape index (κ3) is 3.28. The van der Waals surface area contributed by atoms with Gasteiger partial charge in [0.15, 0.2) is 0 Å². The van der Waals surface area contributed by atoms with Crippen molar-refractivity contribution < 1.29 is 14.3 Å². The van der Waals surface area contributed by atoms with E-state index in [2.05, 4.69) is 5.32 Å². The molecule has 0 bridgehead atoms. The third-order valence-corrected chi connectivity index (χ3v) is 4.26. The van der Waals surface area contributed by atoms with E-state index in [1.165, 1.54) is 11.3 Å². The van der Waals surface area contributed by atoms with E-state index in [4.69, 9.17) is 15.2 Å². The van der Waals surface area contributed by atoms with Gasteiger partial charge in [0.25, 0.3) is 5.91 Å². The van der Waals surface area contributed by atoms with Gasteiger partial charge in [-0.2, -0.15) is 0 Å². The van der Waals surface area contributed by atoms with Gasteiger partial charge in [0, 0.05) is 17.3 Å². The average Bonchev–Trinajstić information content (AvgIpc) is 2.82. The molecule has 0 aliphatic rings. The molecule has 1 unspecified atom stereocenters. The molecule has 2 rings (SSSR count). The van der Waals surface area contributed by atoms with Crippen LogP contribution in [0.1, 0.15) is 23.5 Å². The lowest BCUT2D eigenvalue weighted by molar-refractivity contribution is 0.0876. The molecular formula is C15H20N2O3S. The summed E-state index contributed by atoms with van der Waals surface area (Å²) in [4.78, 5) is 12.8. The Morgan fingerprint density at radius 1 is 1.48 bits per heavy atom. The quantitative estimate of drug-likeness (QED) is 0.860. The smallest absolute Gasteiger partial charge is 0.263 e. The lowest BCUT2D eigenvalue weighted by atomic mass is 10.2. The number of nitrogen functional groups attached to an aromatic ring is 1.